The summed E-state index contributed by atoms with van der Waals surface area (Å²) < 4.78 is 11.1. The summed E-state index contributed by atoms with van der Waals surface area (Å²) in [6.07, 6.45) is 1.20. The fourth-order valence-electron chi connectivity index (χ4n) is 2.17. The van der Waals surface area contributed by atoms with Gasteiger partial charge >= 0.3 is 0 Å². The summed E-state index contributed by atoms with van der Waals surface area (Å²) >= 11 is 0. The van der Waals surface area contributed by atoms with E-state index in [2.05, 4.69) is 43.4 Å². The molecule has 0 aliphatic carbocycles. The molecule has 0 saturated heterocycles. The third kappa shape index (κ3) is 5.31. The first-order chi connectivity index (χ1) is 9.22. The highest BCUT2D eigenvalue weighted by Crippen LogP contribution is 2.19. The molecule has 1 aromatic carbocycles. The van der Waals surface area contributed by atoms with Gasteiger partial charge in [0.15, 0.2) is 0 Å². The second-order valence-corrected chi connectivity index (χ2v) is 4.63. The molecule has 19 heavy (non-hydrogen) atoms. The van der Waals surface area contributed by atoms with E-state index in [1.807, 2.05) is 14.0 Å². The molecule has 1 aromatic rings. The lowest BCUT2D eigenvalue weighted by Crippen LogP contribution is -2.30. The number of likely N-dealkylation sites (N-methyl/N-ethyl adjacent to an activating group) is 1. The van der Waals surface area contributed by atoms with Crippen molar-refractivity contribution in [2.75, 3.05) is 26.9 Å². The smallest absolute Gasteiger partial charge is 0.0742 e. The molecule has 0 aromatic heterocycles. The van der Waals surface area contributed by atoms with Crippen molar-refractivity contribution in [2.45, 2.75) is 39.3 Å². The standard InChI is InChI=1S/C16H27NO2/c1-5-14-7-9-15(10-8-14)16(17-4)13(3)19-12-11-18-6-2/h7-10,13,16-17H,5-6,11-12H2,1-4H3. The Bertz CT molecular complexity index is 337. The molecule has 1 rings (SSSR count). The Balaban J connectivity index is 2.54. The van der Waals surface area contributed by atoms with Crippen molar-refractivity contribution in [3.05, 3.63) is 35.4 Å². The van der Waals surface area contributed by atoms with Crippen LogP contribution in [0.3, 0.4) is 0 Å². The maximum Gasteiger partial charge on any atom is 0.0742 e. The fraction of sp³-hybridized carbons (Fsp3) is 0.625. The number of hydrogen-bond acceptors (Lipinski definition) is 3. The Morgan fingerprint density at radius 3 is 2.32 bits per heavy atom. The minimum absolute atomic E-state index is 0.123. The predicted molar refractivity (Wildman–Crippen MR) is 79.5 cm³/mol. The minimum atomic E-state index is 0.123. The van der Waals surface area contributed by atoms with Crippen LogP contribution in [0.4, 0.5) is 0 Å². The lowest BCUT2D eigenvalue weighted by Gasteiger charge is -2.24. The van der Waals surface area contributed by atoms with E-state index in [1.54, 1.807) is 0 Å². The van der Waals surface area contributed by atoms with E-state index >= 15 is 0 Å². The average molecular weight is 265 g/mol. The van der Waals surface area contributed by atoms with Gasteiger partial charge in [-0.3, -0.25) is 0 Å². The Morgan fingerprint density at radius 1 is 1.11 bits per heavy atom. The number of aryl methyl sites for hydroxylation is 1. The zero-order valence-corrected chi connectivity index (χ0v) is 12.6. The SMILES string of the molecule is CCOCCOC(C)C(NC)c1ccc(CC)cc1. The number of hydrogen-bond donors (Lipinski definition) is 1. The second kappa shape index (κ2) is 9.08. The van der Waals surface area contributed by atoms with E-state index in [4.69, 9.17) is 9.47 Å². The third-order valence-corrected chi connectivity index (χ3v) is 3.34. The molecule has 0 aliphatic rings. The first-order valence-corrected chi connectivity index (χ1v) is 7.18. The van der Waals surface area contributed by atoms with Crippen LogP contribution in [-0.4, -0.2) is 33.0 Å². The van der Waals surface area contributed by atoms with Gasteiger partial charge in [-0.25, -0.2) is 0 Å². The van der Waals surface area contributed by atoms with E-state index in [1.165, 1.54) is 11.1 Å². The molecule has 0 spiro atoms. The summed E-state index contributed by atoms with van der Waals surface area (Å²) in [6, 6.07) is 8.96. The van der Waals surface area contributed by atoms with Gasteiger partial charge in [-0.1, -0.05) is 31.2 Å². The van der Waals surface area contributed by atoms with Crippen LogP contribution in [-0.2, 0) is 15.9 Å². The van der Waals surface area contributed by atoms with Crippen molar-refractivity contribution in [3.8, 4) is 0 Å². The van der Waals surface area contributed by atoms with Gasteiger partial charge in [0.05, 0.1) is 25.4 Å². The molecule has 108 valence electrons. The van der Waals surface area contributed by atoms with Crippen molar-refractivity contribution in [3.63, 3.8) is 0 Å². The van der Waals surface area contributed by atoms with Gasteiger partial charge in [-0.15, -0.1) is 0 Å². The van der Waals surface area contributed by atoms with Crippen LogP contribution in [0.15, 0.2) is 24.3 Å². The summed E-state index contributed by atoms with van der Waals surface area (Å²) in [6.45, 7) is 8.30. The largest absolute Gasteiger partial charge is 0.379 e. The van der Waals surface area contributed by atoms with E-state index in [9.17, 15) is 0 Å². The van der Waals surface area contributed by atoms with E-state index in [0.29, 0.717) is 13.2 Å². The summed E-state index contributed by atoms with van der Waals surface area (Å²) in [5.41, 5.74) is 2.63. The van der Waals surface area contributed by atoms with Crippen LogP contribution in [0.25, 0.3) is 0 Å². The molecule has 2 unspecified atom stereocenters. The molecule has 0 heterocycles. The highest BCUT2D eigenvalue weighted by atomic mass is 16.5. The number of nitrogens with one attached hydrogen (secondary N) is 1. The molecule has 0 amide bonds. The van der Waals surface area contributed by atoms with Crippen LogP contribution in [0, 0.1) is 0 Å². The molecule has 3 nitrogen and oxygen atoms in total. The van der Waals surface area contributed by atoms with Crippen molar-refractivity contribution < 1.29 is 9.47 Å². The zero-order valence-electron chi connectivity index (χ0n) is 12.6. The van der Waals surface area contributed by atoms with Gasteiger partial charge in [0.25, 0.3) is 0 Å². The highest BCUT2D eigenvalue weighted by Gasteiger charge is 2.17. The molecule has 1 N–H and O–H groups in total. The predicted octanol–water partition coefficient (Wildman–Crippen LogP) is 2.95. The van der Waals surface area contributed by atoms with Gasteiger partial charge in [0, 0.05) is 6.61 Å². The molecule has 0 fully saturated rings. The van der Waals surface area contributed by atoms with E-state index in [-0.39, 0.29) is 12.1 Å². The summed E-state index contributed by atoms with van der Waals surface area (Å²) in [5, 5.41) is 3.33. The van der Waals surface area contributed by atoms with Gasteiger partial charge in [-0.2, -0.15) is 0 Å². The normalized spacial score (nSPS) is 14.3. The lowest BCUT2D eigenvalue weighted by molar-refractivity contribution is -0.0000610. The first kappa shape index (κ1) is 16.2. The van der Waals surface area contributed by atoms with Crippen molar-refractivity contribution in [2.24, 2.45) is 0 Å². The molecule has 0 saturated carbocycles. The van der Waals surface area contributed by atoms with Gasteiger partial charge in [0.1, 0.15) is 0 Å². The second-order valence-electron chi connectivity index (χ2n) is 4.63. The molecule has 0 radical (unpaired) electrons. The van der Waals surface area contributed by atoms with E-state index in [0.717, 1.165) is 13.0 Å². The van der Waals surface area contributed by atoms with E-state index < -0.39 is 0 Å². The lowest BCUT2D eigenvalue weighted by atomic mass is 10.0. The number of benzene rings is 1. The Labute approximate surface area is 117 Å². The number of rotatable bonds is 9. The van der Waals surface area contributed by atoms with Crippen LogP contribution in [0.2, 0.25) is 0 Å². The quantitative estimate of drug-likeness (QED) is 0.696. The van der Waals surface area contributed by atoms with Gasteiger partial charge in [-0.05, 0) is 38.4 Å². The maximum atomic E-state index is 5.82. The Kier molecular flexibility index (Phi) is 7.72. The van der Waals surface area contributed by atoms with Crippen LogP contribution >= 0.6 is 0 Å². The third-order valence-electron chi connectivity index (χ3n) is 3.34. The van der Waals surface area contributed by atoms with Crippen LogP contribution < -0.4 is 5.32 Å². The Morgan fingerprint density at radius 2 is 1.79 bits per heavy atom. The van der Waals surface area contributed by atoms with Crippen molar-refractivity contribution >= 4 is 0 Å². The Hall–Kier alpha value is -0.900. The maximum absolute atomic E-state index is 5.82. The molecule has 2 atom stereocenters. The highest BCUT2D eigenvalue weighted by molar-refractivity contribution is 5.25. The van der Waals surface area contributed by atoms with Crippen LogP contribution in [0.1, 0.15) is 37.9 Å². The monoisotopic (exact) mass is 265 g/mol. The molecular weight excluding hydrogens is 238 g/mol. The topological polar surface area (TPSA) is 30.5 Å². The number of ether oxygens (including phenoxy) is 2. The average Bonchev–Trinajstić information content (AvgIpc) is 2.45. The fourth-order valence-corrected chi connectivity index (χ4v) is 2.17. The molecule has 0 aliphatic heterocycles. The molecule has 0 bridgehead atoms. The summed E-state index contributed by atoms with van der Waals surface area (Å²) in [7, 11) is 1.97. The molecular formula is C16H27NO2. The van der Waals surface area contributed by atoms with Gasteiger partial charge in [0.2, 0.25) is 0 Å². The minimum Gasteiger partial charge on any atom is -0.379 e. The van der Waals surface area contributed by atoms with Gasteiger partial charge < -0.3 is 14.8 Å². The van der Waals surface area contributed by atoms with Crippen molar-refractivity contribution in [1.82, 2.24) is 5.32 Å². The molecule has 3 heteroatoms. The zero-order chi connectivity index (χ0) is 14.1. The van der Waals surface area contributed by atoms with Crippen molar-refractivity contribution in [1.29, 1.82) is 0 Å². The summed E-state index contributed by atoms with van der Waals surface area (Å²) in [4.78, 5) is 0. The van der Waals surface area contributed by atoms with Crippen LogP contribution in [0.5, 0.6) is 0 Å². The summed E-state index contributed by atoms with van der Waals surface area (Å²) in [5.74, 6) is 0. The first-order valence-electron chi connectivity index (χ1n) is 7.18.